The molecular weight excluding hydrogens is 334 g/mol. The second-order valence-corrected chi connectivity index (χ2v) is 8.10. The van der Waals surface area contributed by atoms with E-state index in [0.717, 1.165) is 50.9 Å². The Hall–Kier alpha value is -1.43. The van der Waals surface area contributed by atoms with Crippen molar-refractivity contribution in [2.24, 2.45) is 5.92 Å². The highest BCUT2D eigenvalue weighted by molar-refractivity contribution is 7.09. The van der Waals surface area contributed by atoms with E-state index in [1.54, 1.807) is 11.3 Å². The fourth-order valence-electron chi connectivity index (χ4n) is 3.86. The molecule has 0 radical (unpaired) electrons. The Morgan fingerprint density at radius 3 is 2.64 bits per heavy atom. The maximum Gasteiger partial charge on any atom is 0.225 e. The Balaban J connectivity index is 1.45. The van der Waals surface area contributed by atoms with Crippen LogP contribution in [-0.4, -0.2) is 41.3 Å². The number of carbonyl (C=O) groups excluding carboxylic acids is 2. The van der Waals surface area contributed by atoms with Crippen LogP contribution in [0.25, 0.3) is 0 Å². The number of carbonyl (C=O) groups is 2. The van der Waals surface area contributed by atoms with Crippen LogP contribution in [0.5, 0.6) is 0 Å². The minimum absolute atomic E-state index is 0.0924. The van der Waals surface area contributed by atoms with Gasteiger partial charge in [0.2, 0.25) is 11.8 Å². The fourth-order valence-corrected chi connectivity index (χ4v) is 4.88. The third-order valence-electron chi connectivity index (χ3n) is 5.45. The first kappa shape index (κ1) is 18.4. The monoisotopic (exact) mass is 363 g/mol. The summed E-state index contributed by atoms with van der Waals surface area (Å²) in [5.74, 6) is 1.26. The third-order valence-corrected chi connectivity index (χ3v) is 6.51. The van der Waals surface area contributed by atoms with Crippen molar-refractivity contribution in [3.63, 3.8) is 0 Å². The number of piperidine rings is 1. The zero-order chi connectivity index (χ0) is 17.6. The van der Waals surface area contributed by atoms with E-state index < -0.39 is 0 Å². The molecular formula is C19H29N3O2S. The molecule has 0 spiro atoms. The Labute approximate surface area is 154 Å². The Bertz CT molecular complexity index is 587. The first-order valence-electron chi connectivity index (χ1n) is 9.67. The molecule has 0 unspecified atom stereocenters. The predicted octanol–water partition coefficient (Wildman–Crippen LogP) is 3.11. The van der Waals surface area contributed by atoms with Crippen LogP contribution < -0.4 is 5.32 Å². The van der Waals surface area contributed by atoms with Gasteiger partial charge in [-0.2, -0.15) is 0 Å². The summed E-state index contributed by atoms with van der Waals surface area (Å²) in [6, 6.07) is 0. The summed E-state index contributed by atoms with van der Waals surface area (Å²) in [6.07, 6.45) is 7.98. The van der Waals surface area contributed by atoms with E-state index in [2.05, 4.69) is 15.6 Å². The maximum atomic E-state index is 12.5. The molecule has 1 aromatic heterocycles. The van der Waals surface area contributed by atoms with Crippen molar-refractivity contribution in [2.45, 2.75) is 64.2 Å². The summed E-state index contributed by atoms with van der Waals surface area (Å²) in [4.78, 5) is 30.7. The first-order chi connectivity index (χ1) is 12.2. The van der Waals surface area contributed by atoms with Crippen LogP contribution in [0, 0.1) is 5.92 Å². The normalized spacial score (nSPS) is 19.3. The molecule has 3 rings (SSSR count). The summed E-state index contributed by atoms with van der Waals surface area (Å²) in [5.41, 5.74) is 1.07. The number of hydrogen-bond acceptors (Lipinski definition) is 4. The molecule has 2 aliphatic rings. The van der Waals surface area contributed by atoms with E-state index in [4.69, 9.17) is 4.98 Å². The zero-order valence-corrected chi connectivity index (χ0v) is 15.9. The van der Waals surface area contributed by atoms with Crippen LogP contribution in [0.3, 0.4) is 0 Å². The van der Waals surface area contributed by atoms with Crippen molar-refractivity contribution in [1.29, 1.82) is 0 Å². The number of hydrogen-bond donors (Lipinski definition) is 1. The Morgan fingerprint density at radius 1 is 1.24 bits per heavy atom. The highest BCUT2D eigenvalue weighted by Gasteiger charge is 2.31. The van der Waals surface area contributed by atoms with Gasteiger partial charge in [-0.3, -0.25) is 9.59 Å². The van der Waals surface area contributed by atoms with E-state index in [1.165, 1.54) is 17.8 Å². The van der Waals surface area contributed by atoms with Crippen molar-refractivity contribution in [2.75, 3.05) is 19.6 Å². The standard InChI is InChI=1S/C19H29N3O2S/c1-2-17(23)20-10-7-16-13-25-18(21-16)14-8-11-22(12-9-14)19(24)15-5-3-4-6-15/h13-15H,2-12H2,1H3,(H,20,23). The zero-order valence-electron chi connectivity index (χ0n) is 15.1. The van der Waals surface area contributed by atoms with E-state index in [-0.39, 0.29) is 5.91 Å². The molecule has 0 aromatic carbocycles. The van der Waals surface area contributed by atoms with Crippen molar-refractivity contribution in [3.05, 3.63) is 16.1 Å². The molecule has 2 amide bonds. The van der Waals surface area contributed by atoms with Crippen molar-refractivity contribution in [1.82, 2.24) is 15.2 Å². The summed E-state index contributed by atoms with van der Waals surface area (Å²) in [7, 11) is 0. The smallest absolute Gasteiger partial charge is 0.225 e. The lowest BCUT2D eigenvalue weighted by Crippen LogP contribution is -2.40. The highest BCUT2D eigenvalue weighted by atomic mass is 32.1. The molecule has 0 bridgehead atoms. The van der Waals surface area contributed by atoms with Gasteiger partial charge in [0.25, 0.3) is 0 Å². The van der Waals surface area contributed by atoms with Gasteiger partial charge in [-0.25, -0.2) is 4.98 Å². The molecule has 1 aromatic rings. The molecule has 1 aliphatic heterocycles. The van der Waals surface area contributed by atoms with Gasteiger partial charge >= 0.3 is 0 Å². The first-order valence-corrected chi connectivity index (χ1v) is 10.5. The minimum Gasteiger partial charge on any atom is -0.356 e. The second kappa shape index (κ2) is 8.79. The molecule has 6 heteroatoms. The van der Waals surface area contributed by atoms with Crippen LogP contribution in [-0.2, 0) is 16.0 Å². The summed E-state index contributed by atoms with van der Waals surface area (Å²) < 4.78 is 0. The molecule has 1 saturated carbocycles. The van der Waals surface area contributed by atoms with Gasteiger partial charge < -0.3 is 10.2 Å². The predicted molar refractivity (Wildman–Crippen MR) is 99.6 cm³/mol. The molecule has 2 heterocycles. The van der Waals surface area contributed by atoms with E-state index in [9.17, 15) is 9.59 Å². The van der Waals surface area contributed by atoms with Gasteiger partial charge in [0, 0.05) is 49.7 Å². The second-order valence-electron chi connectivity index (χ2n) is 7.21. The average molecular weight is 364 g/mol. The number of likely N-dealkylation sites (tertiary alicyclic amines) is 1. The molecule has 1 N–H and O–H groups in total. The Morgan fingerprint density at radius 2 is 1.96 bits per heavy atom. The van der Waals surface area contributed by atoms with Gasteiger partial charge in [-0.1, -0.05) is 19.8 Å². The van der Waals surface area contributed by atoms with Gasteiger partial charge in [0.05, 0.1) is 10.7 Å². The fraction of sp³-hybridized carbons (Fsp3) is 0.737. The number of nitrogens with zero attached hydrogens (tertiary/aromatic N) is 2. The van der Waals surface area contributed by atoms with E-state index in [0.29, 0.717) is 30.7 Å². The molecule has 25 heavy (non-hydrogen) atoms. The van der Waals surface area contributed by atoms with Gasteiger partial charge in [0.1, 0.15) is 0 Å². The number of thiazole rings is 1. The largest absolute Gasteiger partial charge is 0.356 e. The van der Waals surface area contributed by atoms with Gasteiger partial charge in [0.15, 0.2) is 0 Å². The topological polar surface area (TPSA) is 62.3 Å². The van der Waals surface area contributed by atoms with Crippen LogP contribution in [0.15, 0.2) is 5.38 Å². The number of amides is 2. The Kier molecular flexibility index (Phi) is 6.45. The maximum absolute atomic E-state index is 12.5. The van der Waals surface area contributed by atoms with Crippen molar-refractivity contribution in [3.8, 4) is 0 Å². The summed E-state index contributed by atoms with van der Waals surface area (Å²) in [5, 5.41) is 6.21. The van der Waals surface area contributed by atoms with Crippen LogP contribution >= 0.6 is 11.3 Å². The third kappa shape index (κ3) is 4.81. The van der Waals surface area contributed by atoms with Crippen LogP contribution in [0.4, 0.5) is 0 Å². The van der Waals surface area contributed by atoms with Gasteiger partial charge in [-0.05, 0) is 25.7 Å². The summed E-state index contributed by atoms with van der Waals surface area (Å²) >= 11 is 1.73. The SMILES string of the molecule is CCC(=O)NCCc1csc(C2CCN(C(=O)C3CCCC3)CC2)n1. The molecule has 1 aliphatic carbocycles. The molecule has 1 saturated heterocycles. The number of aromatic nitrogens is 1. The van der Waals surface area contributed by atoms with Crippen LogP contribution in [0.2, 0.25) is 0 Å². The molecule has 138 valence electrons. The molecule has 0 atom stereocenters. The lowest BCUT2D eigenvalue weighted by molar-refractivity contribution is -0.136. The van der Waals surface area contributed by atoms with Crippen molar-refractivity contribution < 1.29 is 9.59 Å². The average Bonchev–Trinajstić information content (AvgIpc) is 3.33. The van der Waals surface area contributed by atoms with E-state index in [1.807, 2.05) is 6.92 Å². The number of rotatable bonds is 6. The highest BCUT2D eigenvalue weighted by Crippen LogP contribution is 2.33. The number of nitrogens with one attached hydrogen (secondary N) is 1. The van der Waals surface area contributed by atoms with Gasteiger partial charge in [-0.15, -0.1) is 11.3 Å². The van der Waals surface area contributed by atoms with E-state index >= 15 is 0 Å². The molecule has 5 nitrogen and oxygen atoms in total. The lowest BCUT2D eigenvalue weighted by Gasteiger charge is -2.32. The quantitative estimate of drug-likeness (QED) is 0.845. The minimum atomic E-state index is 0.0924. The summed E-state index contributed by atoms with van der Waals surface area (Å²) in [6.45, 7) is 4.27. The lowest BCUT2D eigenvalue weighted by atomic mass is 9.96. The van der Waals surface area contributed by atoms with Crippen molar-refractivity contribution >= 4 is 23.2 Å². The molecule has 2 fully saturated rings. The van der Waals surface area contributed by atoms with Crippen LogP contribution in [0.1, 0.15) is 68.5 Å².